The molecule has 0 saturated carbocycles. The predicted octanol–water partition coefficient (Wildman–Crippen LogP) is 2.11. The molecule has 22 heavy (non-hydrogen) atoms. The standard InChI is InChI=1S/C17H21NO4/c1-18-13-6-7-17(18,16(21)22)10-12(8-13)14-5-3-2-4-11(14)9-15(19)20/h2-5,12-13H,6-10H2,1H3,(H,19,20)(H,21,22). The summed E-state index contributed by atoms with van der Waals surface area (Å²) < 4.78 is 0. The zero-order valence-electron chi connectivity index (χ0n) is 12.7. The first kappa shape index (κ1) is 15.0. The summed E-state index contributed by atoms with van der Waals surface area (Å²) in [5, 5.41) is 18.8. The SMILES string of the molecule is CN1C2CCC1(C(=O)O)CC(c1ccccc1CC(=O)O)C2. The van der Waals surface area contributed by atoms with Crippen molar-refractivity contribution in [1.29, 1.82) is 0 Å². The first-order chi connectivity index (χ1) is 10.4. The molecule has 3 unspecified atom stereocenters. The number of benzene rings is 1. The van der Waals surface area contributed by atoms with Gasteiger partial charge in [0, 0.05) is 6.04 Å². The van der Waals surface area contributed by atoms with Gasteiger partial charge in [0.1, 0.15) is 5.54 Å². The van der Waals surface area contributed by atoms with E-state index in [1.165, 1.54) is 0 Å². The van der Waals surface area contributed by atoms with Gasteiger partial charge in [0.25, 0.3) is 0 Å². The zero-order chi connectivity index (χ0) is 15.9. The lowest BCUT2D eigenvalue weighted by Crippen LogP contribution is -2.55. The third-order valence-corrected chi connectivity index (χ3v) is 5.49. The Hall–Kier alpha value is -1.88. The van der Waals surface area contributed by atoms with Gasteiger partial charge in [-0.3, -0.25) is 14.5 Å². The fourth-order valence-corrected chi connectivity index (χ4v) is 4.30. The Bertz CT molecular complexity index is 614. The van der Waals surface area contributed by atoms with Gasteiger partial charge in [0.2, 0.25) is 0 Å². The maximum atomic E-state index is 11.8. The first-order valence-electron chi connectivity index (χ1n) is 7.70. The van der Waals surface area contributed by atoms with Crippen molar-refractivity contribution >= 4 is 11.9 Å². The van der Waals surface area contributed by atoms with E-state index in [0.717, 1.165) is 24.0 Å². The van der Waals surface area contributed by atoms with Crippen LogP contribution in [0.25, 0.3) is 0 Å². The van der Waals surface area contributed by atoms with Crippen molar-refractivity contribution in [2.24, 2.45) is 0 Å². The Morgan fingerprint density at radius 2 is 2.05 bits per heavy atom. The van der Waals surface area contributed by atoms with Crippen LogP contribution in [0.4, 0.5) is 0 Å². The molecule has 5 nitrogen and oxygen atoms in total. The lowest BCUT2D eigenvalue weighted by molar-refractivity contribution is -0.152. The van der Waals surface area contributed by atoms with Crippen LogP contribution in [0.2, 0.25) is 0 Å². The average Bonchev–Trinajstić information content (AvgIpc) is 2.67. The number of rotatable bonds is 4. The number of aliphatic carboxylic acids is 2. The Morgan fingerprint density at radius 1 is 1.32 bits per heavy atom. The normalized spacial score (nSPS) is 31.1. The molecule has 2 saturated heterocycles. The van der Waals surface area contributed by atoms with Crippen LogP contribution in [-0.2, 0) is 16.0 Å². The molecule has 1 aromatic carbocycles. The highest BCUT2D eigenvalue weighted by Crippen LogP contribution is 2.49. The number of hydrogen-bond acceptors (Lipinski definition) is 3. The van der Waals surface area contributed by atoms with Crippen molar-refractivity contribution in [3.63, 3.8) is 0 Å². The summed E-state index contributed by atoms with van der Waals surface area (Å²) in [6.07, 6.45) is 3.04. The number of carboxylic acids is 2. The summed E-state index contributed by atoms with van der Waals surface area (Å²) in [4.78, 5) is 24.9. The molecule has 2 aliphatic heterocycles. The molecule has 0 aromatic heterocycles. The average molecular weight is 303 g/mol. The van der Waals surface area contributed by atoms with E-state index < -0.39 is 17.5 Å². The molecule has 118 valence electrons. The molecular weight excluding hydrogens is 282 g/mol. The molecule has 3 atom stereocenters. The third kappa shape index (κ3) is 2.29. The predicted molar refractivity (Wildman–Crippen MR) is 80.9 cm³/mol. The minimum Gasteiger partial charge on any atom is -0.481 e. The van der Waals surface area contributed by atoms with Crippen LogP contribution in [0.5, 0.6) is 0 Å². The molecule has 2 aliphatic rings. The molecule has 2 fully saturated rings. The van der Waals surface area contributed by atoms with Crippen molar-refractivity contribution in [3.05, 3.63) is 35.4 Å². The maximum Gasteiger partial charge on any atom is 0.324 e. The third-order valence-electron chi connectivity index (χ3n) is 5.49. The minimum atomic E-state index is -0.851. The van der Waals surface area contributed by atoms with Crippen molar-refractivity contribution < 1.29 is 19.8 Å². The topological polar surface area (TPSA) is 77.8 Å². The Kier molecular flexibility index (Phi) is 3.68. The van der Waals surface area contributed by atoms with Crippen LogP contribution in [0.3, 0.4) is 0 Å². The highest BCUT2D eigenvalue weighted by atomic mass is 16.4. The van der Waals surface area contributed by atoms with E-state index in [9.17, 15) is 14.7 Å². The van der Waals surface area contributed by atoms with Gasteiger partial charge in [-0.05, 0) is 49.8 Å². The molecule has 2 N–H and O–H groups in total. The Morgan fingerprint density at radius 3 is 2.73 bits per heavy atom. The summed E-state index contributed by atoms with van der Waals surface area (Å²) in [6, 6.07) is 7.83. The number of likely N-dealkylation sites (N-methyl/N-ethyl adjacent to an activating group) is 1. The fraction of sp³-hybridized carbons (Fsp3) is 0.529. The van der Waals surface area contributed by atoms with Crippen LogP contribution in [0.1, 0.15) is 42.7 Å². The molecule has 0 amide bonds. The molecule has 2 heterocycles. The van der Waals surface area contributed by atoms with Gasteiger partial charge in [-0.1, -0.05) is 24.3 Å². The summed E-state index contributed by atoms with van der Waals surface area (Å²) in [7, 11) is 1.91. The van der Waals surface area contributed by atoms with Gasteiger partial charge < -0.3 is 10.2 Å². The van der Waals surface area contributed by atoms with Crippen LogP contribution >= 0.6 is 0 Å². The van der Waals surface area contributed by atoms with Crippen molar-refractivity contribution in [3.8, 4) is 0 Å². The smallest absolute Gasteiger partial charge is 0.324 e. The summed E-state index contributed by atoms with van der Waals surface area (Å²) in [6.45, 7) is 0. The Labute approximate surface area is 129 Å². The van der Waals surface area contributed by atoms with E-state index in [1.807, 2.05) is 36.2 Å². The second kappa shape index (κ2) is 5.39. The number of fused-ring (bicyclic) bond motifs is 2. The van der Waals surface area contributed by atoms with E-state index in [-0.39, 0.29) is 18.4 Å². The number of carbonyl (C=O) groups is 2. The number of nitrogens with zero attached hydrogens (tertiary/aromatic N) is 1. The summed E-state index contributed by atoms with van der Waals surface area (Å²) in [5.41, 5.74) is 1.03. The molecule has 5 heteroatoms. The molecule has 1 aromatic rings. The van der Waals surface area contributed by atoms with Gasteiger partial charge in [-0.15, -0.1) is 0 Å². The Balaban J connectivity index is 1.94. The molecule has 0 spiro atoms. The monoisotopic (exact) mass is 303 g/mol. The molecule has 3 rings (SSSR count). The molecule has 2 bridgehead atoms. The molecular formula is C17H21NO4. The van der Waals surface area contributed by atoms with Gasteiger partial charge >= 0.3 is 11.9 Å². The maximum absolute atomic E-state index is 11.8. The number of piperidine rings is 1. The van der Waals surface area contributed by atoms with Gasteiger partial charge in [-0.25, -0.2) is 0 Å². The van der Waals surface area contributed by atoms with Crippen molar-refractivity contribution in [2.75, 3.05) is 7.05 Å². The van der Waals surface area contributed by atoms with E-state index in [0.29, 0.717) is 12.8 Å². The van der Waals surface area contributed by atoms with Crippen LogP contribution in [0.15, 0.2) is 24.3 Å². The molecule has 0 aliphatic carbocycles. The van der Waals surface area contributed by atoms with E-state index in [2.05, 4.69) is 0 Å². The highest BCUT2D eigenvalue weighted by molar-refractivity contribution is 5.80. The summed E-state index contributed by atoms with van der Waals surface area (Å²) >= 11 is 0. The van der Waals surface area contributed by atoms with E-state index in [1.54, 1.807) is 0 Å². The second-order valence-corrected chi connectivity index (χ2v) is 6.55. The molecule has 0 radical (unpaired) electrons. The van der Waals surface area contributed by atoms with Crippen molar-refractivity contribution in [2.45, 2.75) is 49.6 Å². The van der Waals surface area contributed by atoms with Crippen LogP contribution in [0, 0.1) is 0 Å². The second-order valence-electron chi connectivity index (χ2n) is 6.55. The van der Waals surface area contributed by atoms with Gasteiger partial charge in [-0.2, -0.15) is 0 Å². The van der Waals surface area contributed by atoms with Gasteiger partial charge in [0.15, 0.2) is 0 Å². The lowest BCUT2D eigenvalue weighted by Gasteiger charge is -2.43. The van der Waals surface area contributed by atoms with Crippen molar-refractivity contribution in [1.82, 2.24) is 4.90 Å². The summed E-state index contributed by atoms with van der Waals surface area (Å²) in [5.74, 6) is -1.48. The van der Waals surface area contributed by atoms with E-state index >= 15 is 0 Å². The van der Waals surface area contributed by atoms with E-state index in [4.69, 9.17) is 5.11 Å². The zero-order valence-corrected chi connectivity index (χ0v) is 12.7. The first-order valence-corrected chi connectivity index (χ1v) is 7.70. The van der Waals surface area contributed by atoms with Crippen LogP contribution < -0.4 is 0 Å². The number of carboxylic acid groups (broad SMARTS) is 2. The number of hydrogen-bond donors (Lipinski definition) is 2. The minimum absolute atomic E-state index is 0.00670. The fourth-order valence-electron chi connectivity index (χ4n) is 4.30. The largest absolute Gasteiger partial charge is 0.481 e. The van der Waals surface area contributed by atoms with Gasteiger partial charge in [0.05, 0.1) is 6.42 Å². The lowest BCUT2D eigenvalue weighted by atomic mass is 9.77. The van der Waals surface area contributed by atoms with Crippen LogP contribution in [-0.4, -0.2) is 45.7 Å². The quantitative estimate of drug-likeness (QED) is 0.890. The highest BCUT2D eigenvalue weighted by Gasteiger charge is 2.55.